The van der Waals surface area contributed by atoms with Crippen molar-refractivity contribution in [1.82, 2.24) is 5.32 Å². The van der Waals surface area contributed by atoms with Crippen molar-refractivity contribution in [2.75, 3.05) is 19.7 Å². The summed E-state index contributed by atoms with van der Waals surface area (Å²) in [4.78, 5) is 0. The molecule has 3 nitrogen and oxygen atoms in total. The van der Waals surface area contributed by atoms with E-state index in [1.54, 1.807) is 0 Å². The van der Waals surface area contributed by atoms with E-state index in [-0.39, 0.29) is 0 Å². The molecule has 0 spiro atoms. The monoisotopic (exact) mass is 279 g/mol. The highest BCUT2D eigenvalue weighted by atomic mass is 16.5. The molecule has 1 atom stereocenters. The quantitative estimate of drug-likeness (QED) is 0.683. The van der Waals surface area contributed by atoms with Gasteiger partial charge in [-0.3, -0.25) is 0 Å². The molecule has 3 heteroatoms. The van der Waals surface area contributed by atoms with E-state index < -0.39 is 6.10 Å². The van der Waals surface area contributed by atoms with Gasteiger partial charge in [-0.25, -0.2) is 0 Å². The molecule has 0 aliphatic carbocycles. The van der Waals surface area contributed by atoms with Crippen LogP contribution in [0.2, 0.25) is 0 Å². The Kier molecular flexibility index (Phi) is 7.63. The van der Waals surface area contributed by atoms with Gasteiger partial charge < -0.3 is 15.2 Å². The molecule has 0 amide bonds. The number of aryl methyl sites for hydroxylation is 2. The van der Waals surface area contributed by atoms with Crippen molar-refractivity contribution in [3.05, 3.63) is 29.3 Å². The average Bonchev–Trinajstić information content (AvgIpc) is 2.34. The van der Waals surface area contributed by atoms with Crippen molar-refractivity contribution in [3.8, 4) is 5.75 Å². The fourth-order valence-electron chi connectivity index (χ4n) is 2.17. The van der Waals surface area contributed by atoms with Crippen LogP contribution in [0.4, 0.5) is 0 Å². The first-order valence-electron chi connectivity index (χ1n) is 7.57. The van der Waals surface area contributed by atoms with Crippen LogP contribution in [0.25, 0.3) is 0 Å². The van der Waals surface area contributed by atoms with Crippen molar-refractivity contribution in [2.45, 2.75) is 46.6 Å². The molecule has 20 heavy (non-hydrogen) atoms. The molecule has 0 aliphatic heterocycles. The minimum Gasteiger partial charge on any atom is -0.491 e. The Balaban J connectivity index is 2.17. The molecular weight excluding hydrogens is 250 g/mol. The standard InChI is InChI=1S/C17H29NO2/c1-13(2)6-5-7-18-11-16(19)12-20-17-9-14(3)8-15(4)10-17/h8-10,13,16,18-19H,5-7,11-12H2,1-4H3. The Morgan fingerprint density at radius 2 is 1.80 bits per heavy atom. The second-order valence-electron chi connectivity index (χ2n) is 6.03. The number of benzene rings is 1. The van der Waals surface area contributed by atoms with E-state index in [0.717, 1.165) is 24.6 Å². The smallest absolute Gasteiger partial charge is 0.119 e. The topological polar surface area (TPSA) is 41.5 Å². The lowest BCUT2D eigenvalue weighted by molar-refractivity contribution is 0.106. The highest BCUT2D eigenvalue weighted by Crippen LogP contribution is 2.16. The van der Waals surface area contributed by atoms with Crippen LogP contribution in [-0.2, 0) is 0 Å². The highest BCUT2D eigenvalue weighted by molar-refractivity contribution is 5.32. The molecule has 0 aromatic heterocycles. The van der Waals surface area contributed by atoms with Crippen molar-refractivity contribution in [3.63, 3.8) is 0 Å². The summed E-state index contributed by atoms with van der Waals surface area (Å²) in [5.74, 6) is 1.58. The number of hydrogen-bond donors (Lipinski definition) is 2. The van der Waals surface area contributed by atoms with E-state index >= 15 is 0 Å². The van der Waals surface area contributed by atoms with Gasteiger partial charge in [-0.2, -0.15) is 0 Å². The van der Waals surface area contributed by atoms with Gasteiger partial charge in [-0.15, -0.1) is 0 Å². The lowest BCUT2D eigenvalue weighted by Crippen LogP contribution is -2.32. The molecule has 114 valence electrons. The summed E-state index contributed by atoms with van der Waals surface area (Å²) in [7, 11) is 0. The summed E-state index contributed by atoms with van der Waals surface area (Å²) in [5.41, 5.74) is 2.36. The summed E-state index contributed by atoms with van der Waals surface area (Å²) >= 11 is 0. The van der Waals surface area contributed by atoms with Gasteiger partial charge >= 0.3 is 0 Å². The van der Waals surface area contributed by atoms with Crippen LogP contribution in [0.5, 0.6) is 5.75 Å². The van der Waals surface area contributed by atoms with Crippen LogP contribution >= 0.6 is 0 Å². The lowest BCUT2D eigenvalue weighted by atomic mass is 10.1. The summed E-state index contributed by atoms with van der Waals surface area (Å²) in [6, 6.07) is 6.10. The number of aliphatic hydroxyl groups is 1. The largest absolute Gasteiger partial charge is 0.491 e. The molecule has 0 fully saturated rings. The molecule has 1 rings (SSSR count). The summed E-state index contributed by atoms with van der Waals surface area (Å²) < 4.78 is 5.63. The molecular formula is C17H29NO2. The lowest BCUT2D eigenvalue weighted by Gasteiger charge is -2.14. The van der Waals surface area contributed by atoms with Crippen LogP contribution in [0.15, 0.2) is 18.2 Å². The van der Waals surface area contributed by atoms with Gasteiger partial charge in [-0.1, -0.05) is 19.9 Å². The Morgan fingerprint density at radius 1 is 1.15 bits per heavy atom. The predicted octanol–water partition coefficient (Wildman–Crippen LogP) is 3.07. The van der Waals surface area contributed by atoms with Crippen molar-refractivity contribution in [2.24, 2.45) is 5.92 Å². The number of rotatable bonds is 9. The fourth-order valence-corrected chi connectivity index (χ4v) is 2.17. The number of hydrogen-bond acceptors (Lipinski definition) is 3. The molecule has 0 saturated carbocycles. The molecule has 1 aromatic carbocycles. The Morgan fingerprint density at radius 3 is 2.40 bits per heavy atom. The second-order valence-corrected chi connectivity index (χ2v) is 6.03. The molecule has 0 aliphatic rings. The highest BCUT2D eigenvalue weighted by Gasteiger charge is 2.05. The molecule has 1 aromatic rings. The van der Waals surface area contributed by atoms with Gasteiger partial charge in [0, 0.05) is 6.54 Å². The summed E-state index contributed by atoms with van der Waals surface area (Å²) in [6.45, 7) is 10.4. The van der Waals surface area contributed by atoms with Gasteiger partial charge in [-0.05, 0) is 62.4 Å². The van der Waals surface area contributed by atoms with Crippen LogP contribution in [-0.4, -0.2) is 30.9 Å². The van der Waals surface area contributed by atoms with Gasteiger partial charge in [0.05, 0.1) is 0 Å². The maximum atomic E-state index is 9.87. The van der Waals surface area contributed by atoms with E-state index in [1.165, 1.54) is 17.5 Å². The minimum absolute atomic E-state index is 0.333. The third kappa shape index (κ3) is 7.51. The first kappa shape index (κ1) is 17.0. The van der Waals surface area contributed by atoms with E-state index in [0.29, 0.717) is 13.2 Å². The zero-order valence-electron chi connectivity index (χ0n) is 13.3. The van der Waals surface area contributed by atoms with Crippen molar-refractivity contribution in [1.29, 1.82) is 0 Å². The zero-order chi connectivity index (χ0) is 15.0. The normalized spacial score (nSPS) is 12.7. The van der Waals surface area contributed by atoms with Crippen molar-refractivity contribution >= 4 is 0 Å². The zero-order valence-corrected chi connectivity index (χ0v) is 13.3. The SMILES string of the molecule is Cc1cc(C)cc(OCC(O)CNCCCC(C)C)c1. The third-order valence-corrected chi connectivity index (χ3v) is 3.15. The van der Waals surface area contributed by atoms with Gasteiger partial charge in [0.15, 0.2) is 0 Å². The Hall–Kier alpha value is -1.06. The predicted molar refractivity (Wildman–Crippen MR) is 84.4 cm³/mol. The summed E-state index contributed by atoms with van der Waals surface area (Å²) in [6.07, 6.45) is 1.92. The Bertz CT molecular complexity index is 370. The molecule has 0 saturated heterocycles. The number of aliphatic hydroxyl groups excluding tert-OH is 1. The number of ether oxygens (including phenoxy) is 1. The van der Waals surface area contributed by atoms with Crippen LogP contribution in [0.1, 0.15) is 37.8 Å². The molecule has 1 unspecified atom stereocenters. The molecule has 2 N–H and O–H groups in total. The van der Waals surface area contributed by atoms with Gasteiger partial charge in [0.1, 0.15) is 18.5 Å². The van der Waals surface area contributed by atoms with E-state index in [4.69, 9.17) is 4.74 Å². The maximum absolute atomic E-state index is 9.87. The van der Waals surface area contributed by atoms with Gasteiger partial charge in [0.25, 0.3) is 0 Å². The van der Waals surface area contributed by atoms with Crippen LogP contribution < -0.4 is 10.1 Å². The first-order valence-corrected chi connectivity index (χ1v) is 7.57. The van der Waals surface area contributed by atoms with E-state index in [9.17, 15) is 5.11 Å². The fraction of sp³-hybridized carbons (Fsp3) is 0.647. The van der Waals surface area contributed by atoms with Crippen molar-refractivity contribution < 1.29 is 9.84 Å². The average molecular weight is 279 g/mol. The molecule has 0 heterocycles. The maximum Gasteiger partial charge on any atom is 0.119 e. The second kappa shape index (κ2) is 8.98. The van der Waals surface area contributed by atoms with E-state index in [1.807, 2.05) is 26.0 Å². The Labute approximate surface area is 123 Å². The first-order chi connectivity index (χ1) is 9.47. The molecule has 0 bridgehead atoms. The van der Waals surface area contributed by atoms with Gasteiger partial charge in [0.2, 0.25) is 0 Å². The third-order valence-electron chi connectivity index (χ3n) is 3.15. The summed E-state index contributed by atoms with van der Waals surface area (Å²) in [5, 5.41) is 13.1. The van der Waals surface area contributed by atoms with Crippen LogP contribution in [0, 0.1) is 19.8 Å². The van der Waals surface area contributed by atoms with Crippen LogP contribution in [0.3, 0.4) is 0 Å². The van der Waals surface area contributed by atoms with E-state index in [2.05, 4.69) is 25.2 Å². The minimum atomic E-state index is -0.463. The molecule has 0 radical (unpaired) electrons. The number of nitrogens with one attached hydrogen (secondary N) is 1.